The van der Waals surface area contributed by atoms with Gasteiger partial charge in [0.15, 0.2) is 0 Å². The Bertz CT molecular complexity index is 443. The van der Waals surface area contributed by atoms with Gasteiger partial charge in [0.2, 0.25) is 0 Å². The van der Waals surface area contributed by atoms with E-state index in [0.717, 1.165) is 5.56 Å². The zero-order chi connectivity index (χ0) is 9.42. The molecule has 0 atom stereocenters. The molecule has 0 aliphatic heterocycles. The number of benzene rings is 1. The van der Waals surface area contributed by atoms with Crippen molar-refractivity contribution in [3.05, 3.63) is 34.2 Å². The molecule has 2 heteroatoms. The van der Waals surface area contributed by atoms with Crippen LogP contribution in [0, 0.1) is 13.8 Å². The quantitative estimate of drug-likeness (QED) is 0.736. The summed E-state index contributed by atoms with van der Waals surface area (Å²) in [5.41, 5.74) is 3.65. The minimum Gasteiger partial charge on any atom is -0.392 e. The van der Waals surface area contributed by atoms with Crippen molar-refractivity contribution in [2.45, 2.75) is 20.5 Å². The third-order valence-corrected chi connectivity index (χ3v) is 3.54. The summed E-state index contributed by atoms with van der Waals surface area (Å²) in [5.74, 6) is 0. The second-order valence-electron chi connectivity index (χ2n) is 3.32. The van der Waals surface area contributed by atoms with Crippen LogP contribution >= 0.6 is 11.3 Å². The lowest BCUT2D eigenvalue weighted by atomic mass is 10.1. The van der Waals surface area contributed by atoms with E-state index in [1.807, 2.05) is 6.07 Å². The third-order valence-electron chi connectivity index (χ3n) is 2.37. The average Bonchev–Trinajstić information content (AvgIpc) is 2.50. The second-order valence-corrected chi connectivity index (χ2v) is 4.20. The number of aliphatic hydroxyl groups is 1. The van der Waals surface area contributed by atoms with Crippen LogP contribution in [-0.4, -0.2) is 5.11 Å². The predicted molar refractivity (Wildman–Crippen MR) is 57.2 cm³/mol. The van der Waals surface area contributed by atoms with E-state index in [-0.39, 0.29) is 6.61 Å². The molecular weight excluding hydrogens is 180 g/mol. The van der Waals surface area contributed by atoms with E-state index in [4.69, 9.17) is 5.11 Å². The molecule has 1 aromatic carbocycles. The first-order valence-corrected chi connectivity index (χ1v) is 5.19. The van der Waals surface area contributed by atoms with Gasteiger partial charge in [-0.3, -0.25) is 0 Å². The Kier molecular flexibility index (Phi) is 2.10. The Morgan fingerprint density at radius 1 is 1.23 bits per heavy atom. The minimum atomic E-state index is 0.136. The van der Waals surface area contributed by atoms with Crippen LogP contribution in [-0.2, 0) is 6.61 Å². The van der Waals surface area contributed by atoms with E-state index in [1.54, 1.807) is 11.3 Å². The lowest BCUT2D eigenvalue weighted by molar-refractivity contribution is 0.283. The Balaban J connectivity index is 2.87. The number of fused-ring (bicyclic) bond motifs is 1. The van der Waals surface area contributed by atoms with E-state index in [9.17, 15) is 0 Å². The van der Waals surface area contributed by atoms with Crippen molar-refractivity contribution in [1.29, 1.82) is 0 Å². The molecule has 13 heavy (non-hydrogen) atoms. The molecule has 1 heterocycles. The maximum absolute atomic E-state index is 9.14. The molecule has 0 saturated carbocycles. The van der Waals surface area contributed by atoms with Crippen LogP contribution in [0.15, 0.2) is 17.5 Å². The predicted octanol–water partition coefficient (Wildman–Crippen LogP) is 3.01. The van der Waals surface area contributed by atoms with Gasteiger partial charge in [0, 0.05) is 4.70 Å². The van der Waals surface area contributed by atoms with Crippen molar-refractivity contribution >= 4 is 21.4 Å². The molecule has 1 N–H and O–H groups in total. The maximum atomic E-state index is 9.14. The molecule has 0 aliphatic rings. The molecule has 0 aliphatic carbocycles. The smallest absolute Gasteiger partial charge is 0.0695 e. The third kappa shape index (κ3) is 1.26. The van der Waals surface area contributed by atoms with Crippen LogP contribution < -0.4 is 0 Å². The number of aryl methyl sites for hydroxylation is 2. The molecule has 0 radical (unpaired) electrons. The highest BCUT2D eigenvalue weighted by Crippen LogP contribution is 2.31. The van der Waals surface area contributed by atoms with Crippen LogP contribution in [0.2, 0.25) is 0 Å². The molecule has 68 valence electrons. The first-order chi connectivity index (χ1) is 6.24. The molecule has 0 saturated heterocycles. The summed E-state index contributed by atoms with van der Waals surface area (Å²) < 4.78 is 1.24. The summed E-state index contributed by atoms with van der Waals surface area (Å²) in [6.07, 6.45) is 0. The van der Waals surface area contributed by atoms with Crippen molar-refractivity contribution in [3.8, 4) is 0 Å². The van der Waals surface area contributed by atoms with Gasteiger partial charge in [-0.2, -0.15) is 0 Å². The molecule has 0 fully saturated rings. The van der Waals surface area contributed by atoms with Crippen molar-refractivity contribution in [2.75, 3.05) is 0 Å². The molecule has 1 nitrogen and oxygen atoms in total. The molecular formula is C11H12OS. The Hall–Kier alpha value is -0.860. The van der Waals surface area contributed by atoms with Crippen molar-refractivity contribution < 1.29 is 5.11 Å². The van der Waals surface area contributed by atoms with Gasteiger partial charge in [0.1, 0.15) is 0 Å². The highest BCUT2D eigenvalue weighted by molar-refractivity contribution is 7.17. The fraction of sp³-hybridized carbons (Fsp3) is 0.273. The van der Waals surface area contributed by atoms with E-state index >= 15 is 0 Å². The summed E-state index contributed by atoms with van der Waals surface area (Å²) in [6, 6.07) is 4.08. The molecule has 0 unspecified atom stereocenters. The van der Waals surface area contributed by atoms with Gasteiger partial charge < -0.3 is 5.11 Å². The van der Waals surface area contributed by atoms with Crippen molar-refractivity contribution in [2.24, 2.45) is 0 Å². The normalized spacial score (nSPS) is 11.0. The van der Waals surface area contributed by atoms with Gasteiger partial charge in [-0.1, -0.05) is 12.1 Å². The Morgan fingerprint density at radius 2 is 2.00 bits per heavy atom. The molecule has 0 spiro atoms. The highest BCUT2D eigenvalue weighted by atomic mass is 32.1. The van der Waals surface area contributed by atoms with Crippen LogP contribution in [0.4, 0.5) is 0 Å². The molecule has 2 aromatic rings. The first-order valence-electron chi connectivity index (χ1n) is 4.31. The van der Waals surface area contributed by atoms with E-state index in [1.165, 1.54) is 21.2 Å². The fourth-order valence-electron chi connectivity index (χ4n) is 1.68. The van der Waals surface area contributed by atoms with Crippen LogP contribution in [0.25, 0.3) is 10.1 Å². The fourth-order valence-corrected chi connectivity index (χ4v) is 2.82. The molecule has 2 rings (SSSR count). The molecule has 0 amide bonds. The first kappa shape index (κ1) is 8.73. The minimum absolute atomic E-state index is 0.136. The summed E-state index contributed by atoms with van der Waals surface area (Å²) in [5, 5.41) is 12.6. The van der Waals surface area contributed by atoms with Gasteiger partial charge in [0.25, 0.3) is 0 Å². The lowest BCUT2D eigenvalue weighted by Crippen LogP contribution is -1.85. The summed E-state index contributed by atoms with van der Waals surface area (Å²) >= 11 is 1.72. The number of hydrogen-bond donors (Lipinski definition) is 1. The summed E-state index contributed by atoms with van der Waals surface area (Å²) in [7, 11) is 0. The molecule has 0 bridgehead atoms. The highest BCUT2D eigenvalue weighted by Gasteiger charge is 2.06. The van der Waals surface area contributed by atoms with Gasteiger partial charge in [-0.25, -0.2) is 0 Å². The standard InChI is InChI=1S/C11H12OS/c1-7-3-4-9(5-12)11-10(7)8(2)6-13-11/h3-4,6,12H,5H2,1-2H3. The summed E-state index contributed by atoms with van der Waals surface area (Å²) in [4.78, 5) is 0. The number of hydrogen-bond acceptors (Lipinski definition) is 2. The summed E-state index contributed by atoms with van der Waals surface area (Å²) in [6.45, 7) is 4.37. The van der Waals surface area contributed by atoms with Crippen molar-refractivity contribution in [1.82, 2.24) is 0 Å². The van der Waals surface area contributed by atoms with E-state index < -0.39 is 0 Å². The van der Waals surface area contributed by atoms with Gasteiger partial charge >= 0.3 is 0 Å². The lowest BCUT2D eigenvalue weighted by Gasteiger charge is -2.02. The number of aliphatic hydroxyl groups excluding tert-OH is 1. The Labute approximate surface area is 81.6 Å². The Morgan fingerprint density at radius 3 is 2.69 bits per heavy atom. The number of rotatable bonds is 1. The zero-order valence-corrected chi connectivity index (χ0v) is 8.61. The van der Waals surface area contributed by atoms with Gasteiger partial charge in [0.05, 0.1) is 6.61 Å². The largest absolute Gasteiger partial charge is 0.392 e. The molecule has 1 aromatic heterocycles. The SMILES string of the molecule is Cc1ccc(CO)c2scc(C)c12. The van der Waals surface area contributed by atoms with Crippen molar-refractivity contribution in [3.63, 3.8) is 0 Å². The van der Waals surface area contributed by atoms with Crippen LogP contribution in [0.1, 0.15) is 16.7 Å². The topological polar surface area (TPSA) is 20.2 Å². The second kappa shape index (κ2) is 3.13. The van der Waals surface area contributed by atoms with Crippen LogP contribution in [0.3, 0.4) is 0 Å². The zero-order valence-electron chi connectivity index (χ0n) is 7.79. The van der Waals surface area contributed by atoms with Gasteiger partial charge in [-0.15, -0.1) is 11.3 Å². The number of thiophene rings is 1. The van der Waals surface area contributed by atoms with E-state index in [2.05, 4.69) is 25.3 Å². The van der Waals surface area contributed by atoms with Crippen LogP contribution in [0.5, 0.6) is 0 Å². The average molecular weight is 192 g/mol. The maximum Gasteiger partial charge on any atom is 0.0695 e. The van der Waals surface area contributed by atoms with E-state index in [0.29, 0.717) is 0 Å². The monoisotopic (exact) mass is 192 g/mol. The van der Waals surface area contributed by atoms with Gasteiger partial charge in [-0.05, 0) is 41.3 Å².